The summed E-state index contributed by atoms with van der Waals surface area (Å²) < 4.78 is 9.96. The summed E-state index contributed by atoms with van der Waals surface area (Å²) in [6.45, 7) is 0. The zero-order valence-corrected chi connectivity index (χ0v) is 36.0. The highest BCUT2D eigenvalue weighted by atomic mass is 32.1. The van der Waals surface area contributed by atoms with Crippen LogP contribution in [0.3, 0.4) is 0 Å². The Labute approximate surface area is 367 Å². The van der Waals surface area contributed by atoms with Crippen LogP contribution < -0.4 is 0 Å². The molecule has 0 amide bonds. The number of thiophene rings is 2. The molecule has 2 saturated carbocycles. The lowest BCUT2D eigenvalue weighted by Crippen LogP contribution is -2.20. The van der Waals surface area contributed by atoms with Crippen LogP contribution in [0.4, 0.5) is 0 Å². The van der Waals surface area contributed by atoms with E-state index in [0.717, 1.165) is 101 Å². The van der Waals surface area contributed by atoms with Gasteiger partial charge in [0.25, 0.3) is 0 Å². The Morgan fingerprint density at radius 2 is 0.790 bits per heavy atom. The minimum atomic E-state index is 0.185. The van der Waals surface area contributed by atoms with Crippen molar-refractivity contribution in [2.75, 3.05) is 0 Å². The summed E-state index contributed by atoms with van der Waals surface area (Å²) in [5.74, 6) is 0.370. The molecule has 13 rings (SSSR count). The van der Waals surface area contributed by atoms with E-state index in [-0.39, 0.29) is 11.8 Å². The Kier molecular flexibility index (Phi) is 8.21. The smallest absolute Gasteiger partial charge is 0.102 e. The minimum Gasteiger partial charge on any atom is -0.309 e. The van der Waals surface area contributed by atoms with Gasteiger partial charge in [0.05, 0.1) is 44.6 Å². The van der Waals surface area contributed by atoms with Crippen molar-refractivity contribution in [2.45, 2.75) is 76.0 Å². The fraction of sp³-hybridized carbons (Fsp3) is 0.214. The molecular weight excluding hydrogens is 793 g/mol. The van der Waals surface area contributed by atoms with Crippen LogP contribution in [0, 0.1) is 22.7 Å². The topological polar surface area (TPSA) is 57.4 Å². The lowest BCUT2D eigenvalue weighted by molar-refractivity contribution is 0.433. The summed E-state index contributed by atoms with van der Waals surface area (Å²) in [4.78, 5) is 0. The number of nitrogens with zero attached hydrogens (tertiary/aromatic N) is 4. The first-order chi connectivity index (χ1) is 30.7. The number of hydrogen-bond acceptors (Lipinski definition) is 4. The third-order valence-electron chi connectivity index (χ3n) is 14.6. The van der Waals surface area contributed by atoms with Gasteiger partial charge in [-0.25, -0.2) is 0 Å². The van der Waals surface area contributed by atoms with Crippen molar-refractivity contribution in [3.63, 3.8) is 0 Å². The normalized spacial score (nSPS) is 15.6. The zero-order chi connectivity index (χ0) is 41.1. The number of fused-ring (bicyclic) bond motifs is 14. The summed E-state index contributed by atoms with van der Waals surface area (Å²) >= 11 is 3.70. The van der Waals surface area contributed by atoms with Crippen LogP contribution >= 0.6 is 22.7 Å². The third kappa shape index (κ3) is 5.03. The number of rotatable bonds is 4. The molecule has 6 heteroatoms. The largest absolute Gasteiger partial charge is 0.309 e. The molecule has 2 aliphatic carbocycles. The van der Waals surface area contributed by atoms with Gasteiger partial charge in [-0.3, -0.25) is 0 Å². The van der Waals surface area contributed by atoms with Gasteiger partial charge in [0.2, 0.25) is 0 Å². The SMILES string of the molecule is N#Cc1c(C2CCCCC2)c(-n2c3ccccc3c3c4c(ccc32)sc2ccccc24)c(C2CCCCC2)c(C#N)c1-n1c2ccccc2c2c3c(ccc21)sc1ccccc13. The maximum Gasteiger partial charge on any atom is 0.102 e. The Hall–Kier alpha value is -6.44. The zero-order valence-electron chi connectivity index (χ0n) is 34.4. The molecule has 0 unspecified atom stereocenters. The van der Waals surface area contributed by atoms with E-state index in [1.54, 1.807) is 0 Å². The molecule has 298 valence electrons. The van der Waals surface area contributed by atoms with Crippen LogP contribution in [-0.2, 0) is 0 Å². The predicted molar refractivity (Wildman–Crippen MR) is 262 cm³/mol. The van der Waals surface area contributed by atoms with Crippen LogP contribution in [-0.4, -0.2) is 9.13 Å². The molecular formula is C56H42N4S2. The number of hydrogen-bond donors (Lipinski definition) is 0. The summed E-state index contributed by atoms with van der Waals surface area (Å²) in [6, 6.07) is 50.1. The molecule has 0 saturated heterocycles. The molecule has 0 N–H and O–H groups in total. The number of para-hydroxylation sites is 2. The monoisotopic (exact) mass is 834 g/mol. The maximum atomic E-state index is 12.0. The predicted octanol–water partition coefficient (Wildman–Crippen LogP) is 16.5. The standard InChI is InChI=1S/C56H42N4S2/c57-31-39-49(33-15-3-1-4-16-33)56(60-42-24-12-8-20-36(42)52-44(60)28-30-48-54(52)38-22-10-14-26-46(38)62-48)50(34-17-5-2-6-18-34)40(32-58)55(39)59-41-23-11-7-19-35(41)51-43(59)27-29-47-53(51)37-21-9-13-25-45(37)61-47/h7-14,19-30,33-34H,1-6,15-18H2. The molecule has 4 aromatic heterocycles. The Balaban J connectivity index is 1.24. The van der Waals surface area contributed by atoms with Gasteiger partial charge in [-0.05, 0) is 97.2 Å². The highest BCUT2D eigenvalue weighted by Gasteiger charge is 2.36. The fourth-order valence-electron chi connectivity index (χ4n) is 12.1. The van der Waals surface area contributed by atoms with Crippen molar-refractivity contribution in [1.29, 1.82) is 10.5 Å². The average Bonchev–Trinajstić information content (AvgIpc) is 4.08. The second-order valence-electron chi connectivity index (χ2n) is 17.7. The molecule has 0 atom stereocenters. The molecule has 7 aromatic carbocycles. The molecule has 11 aromatic rings. The van der Waals surface area contributed by atoms with E-state index in [0.29, 0.717) is 11.1 Å². The van der Waals surface area contributed by atoms with Gasteiger partial charge in [0, 0.05) is 61.9 Å². The fourth-order valence-corrected chi connectivity index (χ4v) is 14.3. The van der Waals surface area contributed by atoms with Crippen LogP contribution in [0.25, 0.3) is 95.3 Å². The molecule has 2 fully saturated rings. The molecule has 62 heavy (non-hydrogen) atoms. The van der Waals surface area contributed by atoms with Gasteiger partial charge in [-0.15, -0.1) is 22.7 Å². The Morgan fingerprint density at radius 1 is 0.387 bits per heavy atom. The van der Waals surface area contributed by atoms with Crippen LogP contribution in [0.2, 0.25) is 0 Å². The van der Waals surface area contributed by atoms with Crippen molar-refractivity contribution >= 4 is 107 Å². The van der Waals surface area contributed by atoms with Crippen molar-refractivity contribution < 1.29 is 0 Å². The molecule has 0 radical (unpaired) electrons. The second kappa shape index (κ2) is 14.0. The van der Waals surface area contributed by atoms with E-state index >= 15 is 0 Å². The average molecular weight is 835 g/mol. The van der Waals surface area contributed by atoms with Gasteiger partial charge in [-0.2, -0.15) is 10.5 Å². The van der Waals surface area contributed by atoms with Gasteiger partial charge in [0.15, 0.2) is 0 Å². The number of aromatic nitrogens is 2. The van der Waals surface area contributed by atoms with Crippen molar-refractivity contribution in [3.8, 4) is 23.5 Å². The molecule has 0 aliphatic heterocycles. The highest BCUT2D eigenvalue weighted by Crippen LogP contribution is 2.53. The summed E-state index contributed by atoms with van der Waals surface area (Å²) in [5, 5.41) is 33.9. The van der Waals surface area contributed by atoms with Gasteiger partial charge in [-0.1, -0.05) is 111 Å². The first-order valence-electron chi connectivity index (χ1n) is 22.4. The quantitative estimate of drug-likeness (QED) is 0.177. The lowest BCUT2D eigenvalue weighted by Gasteiger charge is -2.34. The Bertz CT molecular complexity index is 3700. The van der Waals surface area contributed by atoms with Crippen molar-refractivity contribution in [1.82, 2.24) is 9.13 Å². The van der Waals surface area contributed by atoms with Crippen molar-refractivity contribution in [3.05, 3.63) is 144 Å². The molecule has 0 spiro atoms. The van der Waals surface area contributed by atoms with E-state index in [1.165, 1.54) is 69.3 Å². The van der Waals surface area contributed by atoms with E-state index in [9.17, 15) is 10.5 Å². The van der Waals surface area contributed by atoms with E-state index in [4.69, 9.17) is 0 Å². The summed E-state index contributed by atoms with van der Waals surface area (Å²) in [7, 11) is 0. The lowest BCUT2D eigenvalue weighted by atomic mass is 9.74. The highest BCUT2D eigenvalue weighted by molar-refractivity contribution is 7.26. The van der Waals surface area contributed by atoms with Gasteiger partial charge < -0.3 is 9.13 Å². The van der Waals surface area contributed by atoms with E-state index < -0.39 is 0 Å². The minimum absolute atomic E-state index is 0.185. The second-order valence-corrected chi connectivity index (χ2v) is 19.9. The number of benzene rings is 7. The first-order valence-corrected chi connectivity index (χ1v) is 24.1. The number of nitriles is 2. The van der Waals surface area contributed by atoms with Crippen molar-refractivity contribution in [2.24, 2.45) is 0 Å². The van der Waals surface area contributed by atoms with Crippen LogP contribution in [0.15, 0.2) is 121 Å². The summed E-state index contributed by atoms with van der Waals surface area (Å²) in [5.41, 5.74) is 9.89. The van der Waals surface area contributed by atoms with Crippen LogP contribution in [0.1, 0.15) is 98.3 Å². The first kappa shape index (κ1) is 36.2. The van der Waals surface area contributed by atoms with Gasteiger partial charge in [0.1, 0.15) is 12.1 Å². The molecule has 4 heterocycles. The molecule has 0 bridgehead atoms. The Morgan fingerprint density at radius 3 is 1.24 bits per heavy atom. The maximum absolute atomic E-state index is 12.0. The molecule has 2 aliphatic rings. The summed E-state index contributed by atoms with van der Waals surface area (Å²) in [6.07, 6.45) is 11.1. The van der Waals surface area contributed by atoms with E-state index in [1.807, 2.05) is 22.7 Å². The van der Waals surface area contributed by atoms with E-state index in [2.05, 4.69) is 143 Å². The van der Waals surface area contributed by atoms with Gasteiger partial charge >= 0.3 is 0 Å². The van der Waals surface area contributed by atoms with Crippen LogP contribution in [0.5, 0.6) is 0 Å². The third-order valence-corrected chi connectivity index (χ3v) is 16.8. The molecule has 4 nitrogen and oxygen atoms in total.